The second-order valence-electron chi connectivity index (χ2n) is 1.69. The van der Waals surface area contributed by atoms with Crippen LogP contribution < -0.4 is 0 Å². The number of aromatic hydroxyl groups is 1. The summed E-state index contributed by atoms with van der Waals surface area (Å²) in [7, 11) is 0. The van der Waals surface area contributed by atoms with Gasteiger partial charge in [0.15, 0.2) is 5.82 Å². The fraction of sp³-hybridized carbons (Fsp3) is 0. The molecule has 4 heteroatoms. The molecule has 1 N–H and O–H groups in total. The van der Waals surface area contributed by atoms with Crippen LogP contribution in [0.3, 0.4) is 0 Å². The zero-order chi connectivity index (χ0) is 7.72. The van der Waals surface area contributed by atoms with E-state index in [1.54, 1.807) is 22.6 Å². The van der Waals surface area contributed by atoms with Crippen LogP contribution >= 0.6 is 38.5 Å². The van der Waals surface area contributed by atoms with Gasteiger partial charge in [0.1, 0.15) is 5.75 Å². The molecular weight excluding hydrogens is 314 g/mol. The summed E-state index contributed by atoms with van der Waals surface area (Å²) in [5.41, 5.74) is 0. The van der Waals surface area contributed by atoms with Gasteiger partial charge in [-0.1, -0.05) is 0 Å². The minimum Gasteiger partial charge on any atom is -0.507 e. The van der Waals surface area contributed by atoms with Crippen LogP contribution in [0.1, 0.15) is 0 Å². The van der Waals surface area contributed by atoms with Crippen LogP contribution in [-0.2, 0) is 0 Å². The lowest BCUT2D eigenvalue weighted by molar-refractivity contribution is 0.463. The third-order valence-electron chi connectivity index (χ3n) is 1.01. The Morgan fingerprint density at radius 2 is 2.10 bits per heavy atom. The third kappa shape index (κ3) is 1.42. The van der Waals surface area contributed by atoms with Crippen molar-refractivity contribution in [3.8, 4) is 5.75 Å². The van der Waals surface area contributed by atoms with Crippen LogP contribution in [0, 0.1) is 9.39 Å². The molecule has 0 aliphatic carbocycles. The molecule has 10 heavy (non-hydrogen) atoms. The van der Waals surface area contributed by atoms with Crippen LogP contribution in [-0.4, -0.2) is 5.11 Å². The second kappa shape index (κ2) is 3.04. The Bertz CT molecular complexity index is 237. The van der Waals surface area contributed by atoms with E-state index in [9.17, 15) is 4.39 Å². The molecule has 0 bridgehead atoms. The molecule has 0 aromatic heterocycles. The molecule has 1 aromatic rings. The maximum Gasteiger partial charge on any atom is 0.154 e. The lowest BCUT2D eigenvalue weighted by Gasteiger charge is -1.98. The highest BCUT2D eigenvalue weighted by molar-refractivity contribution is 14.1. The van der Waals surface area contributed by atoms with Crippen LogP contribution in [0.5, 0.6) is 5.75 Å². The molecule has 0 spiro atoms. The SMILES string of the molecule is Oc1ccc(Br)c(F)c1I. The molecule has 0 unspecified atom stereocenters. The molecule has 0 amide bonds. The van der Waals surface area contributed by atoms with Crippen molar-refractivity contribution in [2.45, 2.75) is 0 Å². The lowest BCUT2D eigenvalue weighted by Crippen LogP contribution is -1.82. The number of rotatable bonds is 0. The fourth-order valence-corrected chi connectivity index (χ4v) is 1.69. The first-order valence-electron chi connectivity index (χ1n) is 2.45. The molecule has 0 saturated heterocycles. The van der Waals surface area contributed by atoms with Gasteiger partial charge in [0, 0.05) is 0 Å². The van der Waals surface area contributed by atoms with E-state index in [0.717, 1.165) is 0 Å². The number of phenols is 1. The maximum absolute atomic E-state index is 12.8. The van der Waals surface area contributed by atoms with E-state index in [1.165, 1.54) is 12.1 Å². The van der Waals surface area contributed by atoms with Gasteiger partial charge in [0.05, 0.1) is 8.04 Å². The number of benzene rings is 1. The summed E-state index contributed by atoms with van der Waals surface area (Å²) in [5, 5.41) is 8.96. The largest absolute Gasteiger partial charge is 0.507 e. The van der Waals surface area contributed by atoms with E-state index in [1.807, 2.05) is 0 Å². The third-order valence-corrected chi connectivity index (χ3v) is 2.65. The molecule has 1 rings (SSSR count). The molecule has 54 valence electrons. The van der Waals surface area contributed by atoms with Gasteiger partial charge in [-0.3, -0.25) is 0 Å². The highest BCUT2D eigenvalue weighted by Crippen LogP contribution is 2.27. The van der Waals surface area contributed by atoms with E-state index < -0.39 is 5.82 Å². The van der Waals surface area contributed by atoms with Gasteiger partial charge in [0.25, 0.3) is 0 Å². The smallest absolute Gasteiger partial charge is 0.154 e. The summed E-state index contributed by atoms with van der Waals surface area (Å²) in [6.07, 6.45) is 0. The van der Waals surface area contributed by atoms with E-state index in [2.05, 4.69) is 15.9 Å². The Hall–Kier alpha value is 0.160. The molecule has 1 aromatic carbocycles. The van der Waals surface area contributed by atoms with Crippen molar-refractivity contribution in [3.63, 3.8) is 0 Å². The molecule has 0 saturated carbocycles. The number of phenolic OH excluding ortho intramolecular Hbond substituents is 1. The summed E-state index contributed by atoms with van der Waals surface area (Å²) >= 11 is 4.73. The van der Waals surface area contributed by atoms with Gasteiger partial charge in [0.2, 0.25) is 0 Å². The molecule has 0 aliphatic heterocycles. The van der Waals surface area contributed by atoms with E-state index in [-0.39, 0.29) is 9.32 Å². The Balaban J connectivity index is 3.34. The van der Waals surface area contributed by atoms with Gasteiger partial charge < -0.3 is 5.11 Å². The quantitative estimate of drug-likeness (QED) is 0.576. The average molecular weight is 317 g/mol. The Labute approximate surface area is 79.5 Å². The second-order valence-corrected chi connectivity index (χ2v) is 3.63. The normalized spacial score (nSPS) is 9.90. The molecule has 0 heterocycles. The average Bonchev–Trinajstić information content (AvgIpc) is 1.93. The van der Waals surface area contributed by atoms with Crippen LogP contribution in [0.25, 0.3) is 0 Å². The minimum atomic E-state index is -0.416. The minimum absolute atomic E-state index is 0.0266. The standard InChI is InChI=1S/C6H3BrFIO/c7-3-1-2-4(10)6(9)5(3)8/h1-2,10H. The van der Waals surface area contributed by atoms with E-state index >= 15 is 0 Å². The van der Waals surface area contributed by atoms with Crippen molar-refractivity contribution >= 4 is 38.5 Å². The van der Waals surface area contributed by atoms with Crippen molar-refractivity contribution in [3.05, 3.63) is 26.0 Å². The number of hydrogen-bond donors (Lipinski definition) is 1. The van der Waals surface area contributed by atoms with Gasteiger partial charge in [-0.2, -0.15) is 0 Å². The van der Waals surface area contributed by atoms with E-state index in [4.69, 9.17) is 5.11 Å². The van der Waals surface area contributed by atoms with Gasteiger partial charge in [-0.05, 0) is 50.7 Å². The molecular formula is C6H3BrFIO. The molecule has 0 atom stereocenters. The summed E-state index contributed by atoms with van der Waals surface area (Å²) in [5.74, 6) is -0.443. The van der Waals surface area contributed by atoms with E-state index in [0.29, 0.717) is 4.47 Å². The van der Waals surface area contributed by atoms with Gasteiger partial charge >= 0.3 is 0 Å². The first kappa shape index (κ1) is 8.26. The van der Waals surface area contributed by atoms with Crippen molar-refractivity contribution < 1.29 is 9.50 Å². The highest BCUT2D eigenvalue weighted by Gasteiger charge is 2.06. The number of halogens is 3. The highest BCUT2D eigenvalue weighted by atomic mass is 127. The van der Waals surface area contributed by atoms with Crippen molar-refractivity contribution in [1.82, 2.24) is 0 Å². The fourth-order valence-electron chi connectivity index (χ4n) is 0.516. The molecule has 0 aliphatic rings. The van der Waals surface area contributed by atoms with Gasteiger partial charge in [-0.15, -0.1) is 0 Å². The maximum atomic E-state index is 12.8. The zero-order valence-electron chi connectivity index (χ0n) is 4.74. The zero-order valence-corrected chi connectivity index (χ0v) is 8.48. The summed E-state index contributed by atoms with van der Waals surface area (Å²) in [4.78, 5) is 0. The van der Waals surface area contributed by atoms with Crippen molar-refractivity contribution in [1.29, 1.82) is 0 Å². The van der Waals surface area contributed by atoms with Crippen molar-refractivity contribution in [2.24, 2.45) is 0 Å². The predicted molar refractivity (Wildman–Crippen MR) is 48.5 cm³/mol. The first-order valence-corrected chi connectivity index (χ1v) is 4.32. The Morgan fingerprint density at radius 1 is 1.50 bits per heavy atom. The predicted octanol–water partition coefficient (Wildman–Crippen LogP) is 2.90. The van der Waals surface area contributed by atoms with Crippen molar-refractivity contribution in [2.75, 3.05) is 0 Å². The number of hydrogen-bond acceptors (Lipinski definition) is 1. The topological polar surface area (TPSA) is 20.2 Å². The summed E-state index contributed by atoms with van der Waals surface area (Å²) < 4.78 is 13.4. The van der Waals surface area contributed by atoms with Crippen LogP contribution in [0.4, 0.5) is 4.39 Å². The summed E-state index contributed by atoms with van der Waals surface area (Å²) in [6.45, 7) is 0. The molecule has 0 radical (unpaired) electrons. The monoisotopic (exact) mass is 316 g/mol. The first-order chi connectivity index (χ1) is 4.63. The molecule has 0 fully saturated rings. The van der Waals surface area contributed by atoms with Crippen LogP contribution in [0.15, 0.2) is 16.6 Å². The van der Waals surface area contributed by atoms with Crippen LogP contribution in [0.2, 0.25) is 0 Å². The summed E-state index contributed by atoms with van der Waals surface area (Å²) in [6, 6.07) is 2.90. The molecule has 1 nitrogen and oxygen atoms in total. The Kier molecular flexibility index (Phi) is 2.51. The lowest BCUT2D eigenvalue weighted by atomic mass is 10.3. The Morgan fingerprint density at radius 3 is 2.60 bits per heavy atom. The van der Waals surface area contributed by atoms with Gasteiger partial charge in [-0.25, -0.2) is 4.39 Å².